The lowest BCUT2D eigenvalue weighted by Crippen LogP contribution is -2.15. The van der Waals surface area contributed by atoms with Gasteiger partial charge < -0.3 is 10.6 Å². The van der Waals surface area contributed by atoms with Gasteiger partial charge in [-0.2, -0.15) is 13.2 Å². The summed E-state index contributed by atoms with van der Waals surface area (Å²) >= 11 is 6.00. The largest absolute Gasteiger partial charge is 0.416 e. The Labute approximate surface area is 141 Å². The third kappa shape index (κ3) is 3.21. The van der Waals surface area contributed by atoms with E-state index in [9.17, 15) is 13.2 Å². The molecule has 2 heterocycles. The van der Waals surface area contributed by atoms with Crippen molar-refractivity contribution >= 4 is 40.8 Å². The Morgan fingerprint density at radius 2 is 2.04 bits per heavy atom. The van der Waals surface area contributed by atoms with Gasteiger partial charge in [0.1, 0.15) is 11.0 Å². The maximum Gasteiger partial charge on any atom is 0.416 e. The second-order valence-electron chi connectivity index (χ2n) is 5.00. The van der Waals surface area contributed by atoms with Crippen LogP contribution in [0.5, 0.6) is 0 Å². The van der Waals surface area contributed by atoms with Crippen LogP contribution in [0.25, 0.3) is 5.70 Å². The Bertz CT molecular complexity index is 844. The van der Waals surface area contributed by atoms with Crippen LogP contribution in [-0.2, 0) is 6.18 Å². The van der Waals surface area contributed by atoms with Crippen LogP contribution in [0.15, 0.2) is 41.4 Å². The van der Waals surface area contributed by atoms with Gasteiger partial charge in [0.05, 0.1) is 23.2 Å². The van der Waals surface area contributed by atoms with Crippen molar-refractivity contribution in [3.05, 3.63) is 52.7 Å². The molecular weight excluding hydrogens is 341 g/mol. The molecule has 8 heteroatoms. The molecule has 2 aromatic rings. The highest BCUT2D eigenvalue weighted by molar-refractivity contribution is 6.30. The fourth-order valence-corrected chi connectivity index (χ4v) is 2.53. The number of nitrogens with one attached hydrogen (secondary N) is 2. The van der Waals surface area contributed by atoms with E-state index in [2.05, 4.69) is 20.6 Å². The summed E-state index contributed by atoms with van der Waals surface area (Å²) < 4.78 is 38.6. The van der Waals surface area contributed by atoms with Gasteiger partial charge in [0.2, 0.25) is 0 Å². The van der Waals surface area contributed by atoms with Gasteiger partial charge in [0, 0.05) is 17.5 Å². The van der Waals surface area contributed by atoms with Gasteiger partial charge in [0.15, 0.2) is 0 Å². The molecule has 124 valence electrons. The summed E-state index contributed by atoms with van der Waals surface area (Å²) in [5.41, 5.74) is 1.47. The summed E-state index contributed by atoms with van der Waals surface area (Å²) in [7, 11) is 0. The summed E-state index contributed by atoms with van der Waals surface area (Å²) in [5.74, 6) is 0.328. The smallest absolute Gasteiger partial charge is 0.346 e. The van der Waals surface area contributed by atoms with Crippen molar-refractivity contribution < 1.29 is 13.2 Å². The van der Waals surface area contributed by atoms with E-state index in [1.165, 1.54) is 18.5 Å². The average molecular weight is 353 g/mol. The van der Waals surface area contributed by atoms with E-state index in [0.717, 1.165) is 17.8 Å². The molecule has 0 atom stereocenters. The number of hydrogen-bond donors (Lipinski definition) is 2. The molecule has 0 bridgehead atoms. The molecule has 1 aliphatic rings. The molecule has 0 saturated carbocycles. The van der Waals surface area contributed by atoms with E-state index in [1.807, 2.05) is 13.0 Å². The Balaban J connectivity index is 2.06. The topological polar surface area (TPSA) is 49.3 Å². The first-order valence-electron chi connectivity index (χ1n) is 6.99. The second kappa shape index (κ2) is 6.16. The molecule has 0 aliphatic carbocycles. The minimum Gasteiger partial charge on any atom is -0.346 e. The van der Waals surface area contributed by atoms with E-state index in [-0.39, 0.29) is 10.8 Å². The summed E-state index contributed by atoms with van der Waals surface area (Å²) in [6, 6.07) is 6.47. The molecule has 24 heavy (non-hydrogen) atoms. The molecule has 4 nitrogen and oxygen atoms in total. The predicted octanol–water partition coefficient (Wildman–Crippen LogP) is 5.12. The van der Waals surface area contributed by atoms with Gasteiger partial charge in [-0.05, 0) is 25.1 Å². The molecular formula is C16H12ClF3N4. The molecule has 0 saturated heterocycles. The Hall–Kier alpha value is -2.54. The minimum atomic E-state index is -4.42. The lowest BCUT2D eigenvalue weighted by molar-refractivity contribution is -0.137. The molecule has 0 unspecified atom stereocenters. The fraction of sp³-hybridized carbons (Fsp3) is 0.125. The van der Waals surface area contributed by atoms with Crippen LogP contribution < -0.4 is 10.6 Å². The van der Waals surface area contributed by atoms with Crippen LogP contribution in [-0.4, -0.2) is 11.3 Å². The summed E-state index contributed by atoms with van der Waals surface area (Å²) in [4.78, 5) is 8.38. The van der Waals surface area contributed by atoms with Crippen LogP contribution in [0.2, 0.25) is 5.15 Å². The van der Waals surface area contributed by atoms with Gasteiger partial charge in [-0.25, -0.2) is 9.98 Å². The molecule has 0 amide bonds. The molecule has 1 aromatic carbocycles. The lowest BCUT2D eigenvalue weighted by Gasteiger charge is -2.19. The monoisotopic (exact) mass is 352 g/mol. The Kier molecular flexibility index (Phi) is 4.19. The number of allylic oxidation sites excluding steroid dienone is 1. The highest BCUT2D eigenvalue weighted by atomic mass is 35.5. The SMILES string of the molecule is C/C=C1/NC=Nc2cc(Cl)nc(Nc3cccc(C(F)(F)F)c3)c21. The maximum absolute atomic E-state index is 12.9. The Morgan fingerprint density at radius 1 is 1.25 bits per heavy atom. The lowest BCUT2D eigenvalue weighted by atomic mass is 10.1. The van der Waals surface area contributed by atoms with Crippen molar-refractivity contribution in [2.75, 3.05) is 5.32 Å². The van der Waals surface area contributed by atoms with E-state index in [1.54, 1.807) is 6.07 Å². The molecule has 0 spiro atoms. The summed E-state index contributed by atoms with van der Waals surface area (Å²) in [5, 5.41) is 6.06. The van der Waals surface area contributed by atoms with Crippen LogP contribution in [0.4, 0.5) is 30.4 Å². The van der Waals surface area contributed by atoms with Gasteiger partial charge in [0.25, 0.3) is 0 Å². The number of anilines is 2. The quantitative estimate of drug-likeness (QED) is 0.737. The fourth-order valence-electron chi connectivity index (χ4n) is 2.34. The molecule has 1 aromatic heterocycles. The number of halogens is 4. The highest BCUT2D eigenvalue weighted by Gasteiger charge is 2.30. The third-order valence-corrected chi connectivity index (χ3v) is 3.60. The van der Waals surface area contributed by atoms with Crippen molar-refractivity contribution in [3.63, 3.8) is 0 Å². The standard InChI is InChI=1S/C16H12ClF3N4/c1-2-11-14-12(22-8-21-11)7-13(17)24-15(14)23-10-5-3-4-9(6-10)16(18,19)20/h2-8H,1H3,(H,21,22)(H,23,24)/b11-2+. The van der Waals surface area contributed by atoms with Gasteiger partial charge in [-0.15, -0.1) is 0 Å². The van der Waals surface area contributed by atoms with Crippen molar-refractivity contribution in [2.24, 2.45) is 4.99 Å². The third-order valence-electron chi connectivity index (χ3n) is 3.40. The van der Waals surface area contributed by atoms with Crippen LogP contribution in [0.1, 0.15) is 18.1 Å². The van der Waals surface area contributed by atoms with Crippen molar-refractivity contribution in [1.29, 1.82) is 0 Å². The molecule has 0 fully saturated rings. The van der Waals surface area contributed by atoms with Crippen LogP contribution >= 0.6 is 11.6 Å². The number of aromatic nitrogens is 1. The van der Waals surface area contributed by atoms with Gasteiger partial charge in [-0.3, -0.25) is 0 Å². The first-order valence-corrected chi connectivity index (χ1v) is 7.37. The van der Waals surface area contributed by atoms with E-state index >= 15 is 0 Å². The first kappa shape index (κ1) is 16.3. The Morgan fingerprint density at radius 3 is 2.75 bits per heavy atom. The number of benzene rings is 1. The van der Waals surface area contributed by atoms with E-state index < -0.39 is 11.7 Å². The van der Waals surface area contributed by atoms with Crippen molar-refractivity contribution in [3.8, 4) is 0 Å². The number of fused-ring (bicyclic) bond motifs is 1. The number of nitrogens with zero attached hydrogens (tertiary/aromatic N) is 2. The first-order chi connectivity index (χ1) is 11.4. The van der Waals surface area contributed by atoms with Gasteiger partial charge in [-0.1, -0.05) is 23.7 Å². The highest BCUT2D eigenvalue weighted by Crippen LogP contribution is 2.37. The molecule has 0 radical (unpaired) electrons. The number of rotatable bonds is 2. The zero-order chi connectivity index (χ0) is 17.3. The zero-order valence-electron chi connectivity index (χ0n) is 12.4. The van der Waals surface area contributed by atoms with E-state index in [4.69, 9.17) is 11.6 Å². The normalized spacial score (nSPS) is 15.1. The van der Waals surface area contributed by atoms with Gasteiger partial charge >= 0.3 is 6.18 Å². The van der Waals surface area contributed by atoms with Crippen molar-refractivity contribution in [2.45, 2.75) is 13.1 Å². The van der Waals surface area contributed by atoms with Crippen LogP contribution in [0.3, 0.4) is 0 Å². The molecule has 2 N–H and O–H groups in total. The number of aliphatic imine (C=N–C) groups is 1. The number of hydrogen-bond acceptors (Lipinski definition) is 4. The minimum absolute atomic E-state index is 0.192. The molecule has 1 aliphatic heterocycles. The zero-order valence-corrected chi connectivity index (χ0v) is 13.2. The molecule has 3 rings (SSSR count). The van der Waals surface area contributed by atoms with Crippen molar-refractivity contribution in [1.82, 2.24) is 10.3 Å². The second-order valence-corrected chi connectivity index (χ2v) is 5.38. The van der Waals surface area contributed by atoms with Crippen LogP contribution in [0, 0.1) is 0 Å². The summed E-state index contributed by atoms with van der Waals surface area (Å²) in [6.45, 7) is 1.83. The van der Waals surface area contributed by atoms with E-state index in [0.29, 0.717) is 17.1 Å². The number of alkyl halides is 3. The maximum atomic E-state index is 12.9. The number of pyridine rings is 1. The summed E-state index contributed by atoms with van der Waals surface area (Å²) in [6.07, 6.45) is -1.09. The average Bonchev–Trinajstić information content (AvgIpc) is 2.53. The predicted molar refractivity (Wildman–Crippen MR) is 88.9 cm³/mol.